The number of phenols is 1. The molecule has 0 radical (unpaired) electrons. The number of carbonyl (C=O) groups excluding carboxylic acids is 7. The van der Waals surface area contributed by atoms with Gasteiger partial charge in [-0.25, -0.2) is 0 Å². The van der Waals surface area contributed by atoms with Gasteiger partial charge in [0.25, 0.3) is 0 Å². The highest BCUT2D eigenvalue weighted by Crippen LogP contribution is 2.26. The van der Waals surface area contributed by atoms with Crippen molar-refractivity contribution in [3.63, 3.8) is 0 Å². The molecule has 3 saturated heterocycles. The molecule has 0 aromatic heterocycles. The fraction of sp³-hybridized carbons (Fsp3) is 0.740. The number of hydrogen-bond donors (Lipinski definition) is 13. The standard InChI is InChI=1S/C50H82N8O14/c1-5-28(2)23-29(3)13-10-8-6-7-9-11-15-41(65)52-34-26-40(64)48(70)56-46(68)36-14-12-22-57(36)50(72)43(38(62)20-21-51)55-45(67)35(25-39(63)31-16-18-32(60)19-17-31)53-47(69)37-24-33(61)27-58(37)49(71)42(30(4)59)54-44(34)66/h16-19,28-30,33-40,42-43,48,59-64,70H,5-15,20-27,51H2,1-4H3,(H,52,65)(H,53,69)(H,54,66)(H,55,67)(H,56,68). The summed E-state index contributed by atoms with van der Waals surface area (Å²) in [7, 11) is 0. The first-order valence-electron chi connectivity index (χ1n) is 25.8. The van der Waals surface area contributed by atoms with E-state index in [-0.39, 0.29) is 56.5 Å². The maximum atomic E-state index is 14.3. The minimum Gasteiger partial charge on any atom is -0.508 e. The Balaban J connectivity index is 1.63. The van der Waals surface area contributed by atoms with Gasteiger partial charge < -0.3 is 77.9 Å². The number of phenolic OH excluding ortho intramolecular Hbond substituents is 1. The molecule has 3 aliphatic heterocycles. The highest BCUT2D eigenvalue weighted by atomic mass is 16.3. The second-order valence-electron chi connectivity index (χ2n) is 20.2. The summed E-state index contributed by atoms with van der Waals surface area (Å²) in [5, 5.41) is 88.8. The number of fused-ring (bicyclic) bond motifs is 2. The summed E-state index contributed by atoms with van der Waals surface area (Å²) in [6, 6.07) is -4.48. The lowest BCUT2D eigenvalue weighted by molar-refractivity contribution is -0.146. The molecular weight excluding hydrogens is 937 g/mol. The summed E-state index contributed by atoms with van der Waals surface area (Å²) >= 11 is 0. The Morgan fingerprint density at radius 1 is 0.750 bits per heavy atom. The number of amides is 7. The molecule has 3 fully saturated rings. The fourth-order valence-corrected chi connectivity index (χ4v) is 9.74. The first-order chi connectivity index (χ1) is 34.1. The van der Waals surface area contributed by atoms with Crippen molar-refractivity contribution in [3.8, 4) is 5.75 Å². The van der Waals surface area contributed by atoms with Crippen molar-refractivity contribution >= 4 is 41.4 Å². The van der Waals surface area contributed by atoms with Crippen LogP contribution in [0.15, 0.2) is 24.3 Å². The molecule has 4 rings (SSSR count). The molecule has 22 heteroatoms. The molecule has 0 spiro atoms. The van der Waals surface area contributed by atoms with Gasteiger partial charge >= 0.3 is 0 Å². The molecule has 14 atom stereocenters. The van der Waals surface area contributed by atoms with Gasteiger partial charge in [-0.05, 0) is 75.1 Å². The van der Waals surface area contributed by atoms with Crippen molar-refractivity contribution in [3.05, 3.63) is 29.8 Å². The predicted molar refractivity (Wildman–Crippen MR) is 263 cm³/mol. The topological polar surface area (TPSA) is 354 Å². The van der Waals surface area contributed by atoms with E-state index in [0.29, 0.717) is 18.3 Å². The minimum absolute atomic E-state index is 0.0108. The molecule has 1 aromatic carbocycles. The smallest absolute Gasteiger partial charge is 0.248 e. The Bertz CT molecular complexity index is 1940. The molecule has 22 nitrogen and oxygen atoms in total. The molecule has 14 N–H and O–H groups in total. The Morgan fingerprint density at radius 2 is 1.38 bits per heavy atom. The Kier molecular flexibility index (Phi) is 24.0. The molecule has 0 aliphatic carbocycles. The largest absolute Gasteiger partial charge is 0.508 e. The zero-order chi connectivity index (χ0) is 53.2. The molecule has 0 bridgehead atoms. The number of unbranched alkanes of at least 4 members (excludes halogenated alkanes) is 5. The van der Waals surface area contributed by atoms with Crippen molar-refractivity contribution in [1.29, 1.82) is 0 Å². The summed E-state index contributed by atoms with van der Waals surface area (Å²) in [5.74, 6) is -5.47. The van der Waals surface area contributed by atoms with E-state index in [1.54, 1.807) is 0 Å². The monoisotopic (exact) mass is 1020 g/mol. The fourth-order valence-electron chi connectivity index (χ4n) is 9.74. The van der Waals surface area contributed by atoms with Crippen LogP contribution >= 0.6 is 0 Å². The highest BCUT2D eigenvalue weighted by Gasteiger charge is 2.46. The Labute approximate surface area is 422 Å². The van der Waals surface area contributed by atoms with Crippen LogP contribution in [0.2, 0.25) is 0 Å². The number of aliphatic hydroxyl groups is 6. The molecule has 406 valence electrons. The summed E-state index contributed by atoms with van der Waals surface area (Å²) < 4.78 is 0. The summed E-state index contributed by atoms with van der Waals surface area (Å²) in [4.78, 5) is 100. The molecule has 14 unspecified atom stereocenters. The lowest BCUT2D eigenvalue weighted by atomic mass is 9.91. The van der Waals surface area contributed by atoms with Crippen LogP contribution in [0.25, 0.3) is 0 Å². The second kappa shape index (κ2) is 29.1. The number of nitrogens with zero attached hydrogens (tertiary/aromatic N) is 2. The lowest BCUT2D eigenvalue weighted by Gasteiger charge is -2.33. The van der Waals surface area contributed by atoms with Crippen molar-refractivity contribution in [1.82, 2.24) is 36.4 Å². The number of carbonyl (C=O) groups is 7. The predicted octanol–water partition coefficient (Wildman–Crippen LogP) is -0.809. The van der Waals surface area contributed by atoms with Gasteiger partial charge in [0.1, 0.15) is 48.1 Å². The average Bonchev–Trinajstić information content (AvgIpc) is 3.99. The average molecular weight is 1020 g/mol. The third-order valence-electron chi connectivity index (χ3n) is 14.2. The molecule has 3 heterocycles. The van der Waals surface area contributed by atoms with Gasteiger partial charge in [-0.15, -0.1) is 0 Å². The van der Waals surface area contributed by atoms with E-state index in [1.165, 1.54) is 37.6 Å². The van der Waals surface area contributed by atoms with E-state index in [0.717, 1.165) is 54.7 Å². The minimum atomic E-state index is -2.08. The third-order valence-corrected chi connectivity index (χ3v) is 14.2. The van der Waals surface area contributed by atoms with Crippen molar-refractivity contribution in [2.45, 2.75) is 203 Å². The van der Waals surface area contributed by atoms with Crippen LogP contribution < -0.4 is 32.3 Å². The zero-order valence-corrected chi connectivity index (χ0v) is 42.3. The summed E-state index contributed by atoms with van der Waals surface area (Å²) in [5.41, 5.74) is 5.95. The summed E-state index contributed by atoms with van der Waals surface area (Å²) in [6.07, 6.45) is -2.86. The van der Waals surface area contributed by atoms with E-state index in [1.807, 2.05) is 0 Å². The van der Waals surface area contributed by atoms with Crippen LogP contribution in [-0.4, -0.2) is 173 Å². The number of hydrogen-bond acceptors (Lipinski definition) is 15. The zero-order valence-electron chi connectivity index (χ0n) is 42.3. The number of rotatable bonds is 20. The summed E-state index contributed by atoms with van der Waals surface area (Å²) in [6.45, 7) is 7.27. The number of benzene rings is 1. The second-order valence-corrected chi connectivity index (χ2v) is 20.2. The maximum absolute atomic E-state index is 14.3. The van der Waals surface area contributed by atoms with Crippen molar-refractivity contribution < 1.29 is 69.3 Å². The first-order valence-corrected chi connectivity index (χ1v) is 25.8. The van der Waals surface area contributed by atoms with Gasteiger partial charge in [0, 0.05) is 38.8 Å². The number of aromatic hydroxyl groups is 1. The first kappa shape index (κ1) is 59.6. The van der Waals surface area contributed by atoms with E-state index in [9.17, 15) is 69.3 Å². The lowest BCUT2D eigenvalue weighted by Crippen LogP contribution is -2.62. The Morgan fingerprint density at radius 3 is 2.03 bits per heavy atom. The molecule has 72 heavy (non-hydrogen) atoms. The van der Waals surface area contributed by atoms with Gasteiger partial charge in [0.2, 0.25) is 41.4 Å². The van der Waals surface area contributed by atoms with Crippen LogP contribution in [0.4, 0.5) is 0 Å². The van der Waals surface area contributed by atoms with Crippen LogP contribution in [0, 0.1) is 11.8 Å². The molecule has 3 aliphatic rings. The van der Waals surface area contributed by atoms with E-state index < -0.39 is 134 Å². The van der Waals surface area contributed by atoms with Gasteiger partial charge in [0.15, 0.2) is 6.23 Å². The number of nitrogens with two attached hydrogens (primary N) is 1. The third kappa shape index (κ3) is 17.6. The van der Waals surface area contributed by atoms with Crippen LogP contribution in [0.3, 0.4) is 0 Å². The molecule has 0 saturated carbocycles. The van der Waals surface area contributed by atoms with Gasteiger partial charge in [0.05, 0.1) is 24.4 Å². The van der Waals surface area contributed by atoms with Gasteiger partial charge in [-0.1, -0.05) is 77.8 Å². The van der Waals surface area contributed by atoms with E-state index in [2.05, 4.69) is 47.4 Å². The SMILES string of the molecule is CCC(C)CC(C)CCCCCCCCC(=O)NC1CC(O)C(O)NC(=O)C2CCCN2C(=O)C(C(O)CCN)NC(=O)C(CC(O)c2ccc(O)cc2)NC(=O)C2CC(O)CN2C(=O)C(C(C)O)NC1=O. The van der Waals surface area contributed by atoms with Crippen LogP contribution in [0.1, 0.15) is 142 Å². The normalized spacial score (nSPS) is 28.3. The van der Waals surface area contributed by atoms with E-state index in [4.69, 9.17) is 5.73 Å². The van der Waals surface area contributed by atoms with E-state index >= 15 is 0 Å². The van der Waals surface area contributed by atoms with Crippen molar-refractivity contribution in [2.75, 3.05) is 19.6 Å². The highest BCUT2D eigenvalue weighted by molar-refractivity contribution is 5.98. The number of aliphatic hydroxyl groups excluding tert-OH is 6. The molecule has 7 amide bonds. The Hall–Kier alpha value is -4.97. The van der Waals surface area contributed by atoms with Crippen LogP contribution in [-0.2, 0) is 33.6 Å². The number of nitrogens with one attached hydrogen (secondary N) is 5. The van der Waals surface area contributed by atoms with Crippen molar-refractivity contribution in [2.24, 2.45) is 17.6 Å². The molecule has 1 aromatic rings. The maximum Gasteiger partial charge on any atom is 0.248 e. The van der Waals surface area contributed by atoms with Gasteiger partial charge in [-0.3, -0.25) is 33.6 Å². The van der Waals surface area contributed by atoms with Gasteiger partial charge in [-0.2, -0.15) is 0 Å². The molecular formula is C50H82N8O14. The van der Waals surface area contributed by atoms with Crippen LogP contribution in [0.5, 0.6) is 5.75 Å². The quantitative estimate of drug-likeness (QED) is 0.0711.